The molecule has 2 aliphatic heterocycles. The molecule has 0 saturated carbocycles. The minimum atomic E-state index is -2.87. The standard InChI is InChI=1S/C9H16N2O2S2/c1-3-6(2)11-8-5-15(12,13)4-7(8)10-9(11)14/h6-8H,3-5H2,1-2H3,(H,10,14). The van der Waals surface area contributed by atoms with Crippen LogP contribution in [0.25, 0.3) is 0 Å². The van der Waals surface area contributed by atoms with Gasteiger partial charge in [0.1, 0.15) is 0 Å². The number of hydrogen-bond acceptors (Lipinski definition) is 3. The summed E-state index contributed by atoms with van der Waals surface area (Å²) in [5.41, 5.74) is 0. The zero-order valence-electron chi connectivity index (χ0n) is 8.93. The minimum Gasteiger partial charge on any atom is -0.357 e. The van der Waals surface area contributed by atoms with Crippen molar-refractivity contribution >= 4 is 27.2 Å². The Hall–Kier alpha value is -0.360. The summed E-state index contributed by atoms with van der Waals surface area (Å²) < 4.78 is 23.0. The van der Waals surface area contributed by atoms with E-state index >= 15 is 0 Å². The van der Waals surface area contributed by atoms with E-state index in [-0.39, 0.29) is 23.6 Å². The van der Waals surface area contributed by atoms with Gasteiger partial charge in [-0.2, -0.15) is 0 Å². The Morgan fingerprint density at radius 2 is 2.27 bits per heavy atom. The number of nitrogens with zero attached hydrogens (tertiary/aromatic N) is 1. The Morgan fingerprint density at radius 1 is 1.60 bits per heavy atom. The first-order valence-electron chi connectivity index (χ1n) is 5.24. The molecule has 2 saturated heterocycles. The highest BCUT2D eigenvalue weighted by Crippen LogP contribution is 2.26. The van der Waals surface area contributed by atoms with Gasteiger partial charge >= 0.3 is 0 Å². The van der Waals surface area contributed by atoms with Crippen molar-refractivity contribution < 1.29 is 8.42 Å². The molecule has 2 aliphatic rings. The molecule has 0 spiro atoms. The maximum absolute atomic E-state index is 11.5. The molecule has 0 aliphatic carbocycles. The van der Waals surface area contributed by atoms with E-state index in [0.29, 0.717) is 11.2 Å². The quantitative estimate of drug-likeness (QED) is 0.705. The maximum atomic E-state index is 11.5. The minimum absolute atomic E-state index is 0.0106. The van der Waals surface area contributed by atoms with Crippen molar-refractivity contribution in [3.63, 3.8) is 0 Å². The van der Waals surface area contributed by atoms with Crippen LogP contribution in [0.3, 0.4) is 0 Å². The monoisotopic (exact) mass is 248 g/mol. The zero-order chi connectivity index (χ0) is 11.2. The predicted octanol–water partition coefficient (Wildman–Crippen LogP) is 0.141. The molecule has 6 heteroatoms. The van der Waals surface area contributed by atoms with Gasteiger partial charge in [0.2, 0.25) is 0 Å². The fraction of sp³-hybridized carbons (Fsp3) is 0.889. The number of thiocarbonyl (C=S) groups is 1. The molecular weight excluding hydrogens is 232 g/mol. The summed E-state index contributed by atoms with van der Waals surface area (Å²) in [5.74, 6) is 0.472. The Labute approximate surface area is 95.9 Å². The van der Waals surface area contributed by atoms with E-state index in [1.165, 1.54) is 0 Å². The average Bonchev–Trinajstić information content (AvgIpc) is 2.54. The van der Waals surface area contributed by atoms with Gasteiger partial charge in [-0.15, -0.1) is 0 Å². The molecule has 0 bridgehead atoms. The molecule has 4 nitrogen and oxygen atoms in total. The van der Waals surface area contributed by atoms with Crippen LogP contribution in [-0.4, -0.2) is 48.1 Å². The molecule has 0 aromatic carbocycles. The zero-order valence-corrected chi connectivity index (χ0v) is 10.6. The summed E-state index contributed by atoms with van der Waals surface area (Å²) in [4.78, 5) is 2.06. The van der Waals surface area contributed by atoms with Crippen LogP contribution in [0.5, 0.6) is 0 Å². The first-order valence-corrected chi connectivity index (χ1v) is 7.47. The fourth-order valence-electron chi connectivity index (χ4n) is 2.35. The van der Waals surface area contributed by atoms with Crippen molar-refractivity contribution in [1.82, 2.24) is 10.2 Å². The summed E-state index contributed by atoms with van der Waals surface area (Å²) in [6, 6.07) is 0.377. The molecule has 2 heterocycles. The Kier molecular flexibility index (Phi) is 2.66. The van der Waals surface area contributed by atoms with Gasteiger partial charge < -0.3 is 10.2 Å². The van der Waals surface area contributed by atoms with E-state index in [4.69, 9.17) is 12.2 Å². The van der Waals surface area contributed by atoms with Crippen LogP contribution < -0.4 is 5.32 Å². The molecular formula is C9H16N2O2S2. The Morgan fingerprint density at radius 3 is 2.87 bits per heavy atom. The van der Waals surface area contributed by atoms with Crippen molar-refractivity contribution in [3.8, 4) is 0 Å². The third-order valence-electron chi connectivity index (χ3n) is 3.29. The Balaban J connectivity index is 2.23. The van der Waals surface area contributed by atoms with Crippen LogP contribution in [0, 0.1) is 0 Å². The SMILES string of the molecule is CCC(C)N1C(=S)NC2CS(=O)(=O)CC21. The lowest BCUT2D eigenvalue weighted by Crippen LogP contribution is -2.42. The smallest absolute Gasteiger partial charge is 0.169 e. The average molecular weight is 248 g/mol. The van der Waals surface area contributed by atoms with Crippen molar-refractivity contribution in [2.75, 3.05) is 11.5 Å². The molecule has 0 amide bonds. The molecule has 1 N–H and O–H groups in total. The summed E-state index contributed by atoms with van der Waals surface area (Å²) in [6.45, 7) is 4.17. The number of fused-ring (bicyclic) bond motifs is 1. The Bertz CT molecular complexity index is 380. The topological polar surface area (TPSA) is 49.4 Å². The van der Waals surface area contributed by atoms with Crippen molar-refractivity contribution in [2.45, 2.75) is 38.4 Å². The highest BCUT2D eigenvalue weighted by molar-refractivity contribution is 7.91. The lowest BCUT2D eigenvalue weighted by Gasteiger charge is -2.29. The van der Waals surface area contributed by atoms with E-state index in [1.54, 1.807) is 0 Å². The summed E-state index contributed by atoms with van der Waals surface area (Å²) in [7, 11) is -2.87. The first-order chi connectivity index (χ1) is 6.94. The van der Waals surface area contributed by atoms with Gasteiger partial charge in [0.15, 0.2) is 14.9 Å². The van der Waals surface area contributed by atoms with Crippen LogP contribution >= 0.6 is 12.2 Å². The van der Waals surface area contributed by atoms with Gasteiger partial charge in [0.25, 0.3) is 0 Å². The van der Waals surface area contributed by atoms with Gasteiger partial charge in [-0.25, -0.2) is 8.42 Å². The third-order valence-corrected chi connectivity index (χ3v) is 5.33. The molecule has 0 aromatic rings. The summed E-state index contributed by atoms with van der Waals surface area (Å²) in [6.07, 6.45) is 0.977. The van der Waals surface area contributed by atoms with Crippen molar-refractivity contribution in [3.05, 3.63) is 0 Å². The number of sulfone groups is 1. The second-order valence-electron chi connectivity index (χ2n) is 4.36. The van der Waals surface area contributed by atoms with E-state index in [0.717, 1.165) is 6.42 Å². The molecule has 2 fully saturated rings. The molecule has 3 atom stereocenters. The molecule has 2 rings (SSSR count). The van der Waals surface area contributed by atoms with Gasteiger partial charge in [-0.05, 0) is 25.6 Å². The van der Waals surface area contributed by atoms with Crippen LogP contribution in [0.1, 0.15) is 20.3 Å². The second kappa shape index (κ2) is 3.59. The van der Waals surface area contributed by atoms with Gasteiger partial charge in [0, 0.05) is 6.04 Å². The predicted molar refractivity (Wildman–Crippen MR) is 63.6 cm³/mol. The third kappa shape index (κ3) is 1.85. The van der Waals surface area contributed by atoms with Crippen molar-refractivity contribution in [2.24, 2.45) is 0 Å². The highest BCUT2D eigenvalue weighted by atomic mass is 32.2. The molecule has 0 radical (unpaired) electrons. The normalized spacial score (nSPS) is 35.1. The van der Waals surface area contributed by atoms with Crippen LogP contribution in [0.4, 0.5) is 0 Å². The molecule has 15 heavy (non-hydrogen) atoms. The van der Waals surface area contributed by atoms with Crippen LogP contribution in [-0.2, 0) is 9.84 Å². The number of rotatable bonds is 2. The molecule has 0 aromatic heterocycles. The highest BCUT2D eigenvalue weighted by Gasteiger charge is 2.47. The van der Waals surface area contributed by atoms with Gasteiger partial charge in [-0.3, -0.25) is 0 Å². The number of hydrogen-bond donors (Lipinski definition) is 1. The maximum Gasteiger partial charge on any atom is 0.169 e. The summed E-state index contributed by atoms with van der Waals surface area (Å²) >= 11 is 5.23. The fourth-order valence-corrected chi connectivity index (χ4v) is 4.72. The van der Waals surface area contributed by atoms with Gasteiger partial charge in [0.05, 0.1) is 23.6 Å². The number of nitrogens with one attached hydrogen (secondary N) is 1. The largest absolute Gasteiger partial charge is 0.357 e. The van der Waals surface area contributed by atoms with E-state index in [2.05, 4.69) is 24.1 Å². The van der Waals surface area contributed by atoms with Crippen LogP contribution in [0.2, 0.25) is 0 Å². The first kappa shape index (κ1) is 11.1. The van der Waals surface area contributed by atoms with Crippen LogP contribution in [0.15, 0.2) is 0 Å². The van der Waals surface area contributed by atoms with Gasteiger partial charge in [-0.1, -0.05) is 6.92 Å². The summed E-state index contributed by atoms with van der Waals surface area (Å²) in [5, 5.41) is 3.83. The molecule has 3 unspecified atom stereocenters. The van der Waals surface area contributed by atoms with Crippen molar-refractivity contribution in [1.29, 1.82) is 0 Å². The lowest BCUT2D eigenvalue weighted by atomic mass is 10.1. The van der Waals surface area contributed by atoms with E-state index < -0.39 is 9.84 Å². The van der Waals surface area contributed by atoms with E-state index in [9.17, 15) is 8.42 Å². The molecule has 86 valence electrons. The second-order valence-corrected chi connectivity index (χ2v) is 6.91. The van der Waals surface area contributed by atoms with E-state index in [1.807, 2.05) is 0 Å². The lowest BCUT2D eigenvalue weighted by molar-refractivity contribution is 0.279.